The van der Waals surface area contributed by atoms with Gasteiger partial charge in [0.05, 0.1) is 17.3 Å². The van der Waals surface area contributed by atoms with Gasteiger partial charge in [-0.1, -0.05) is 0 Å². The van der Waals surface area contributed by atoms with E-state index in [9.17, 15) is 10.1 Å². The number of nitrogens with zero attached hydrogens (tertiary/aromatic N) is 2. The number of aromatic nitrogens is 1. The Morgan fingerprint density at radius 1 is 1.50 bits per heavy atom. The van der Waals surface area contributed by atoms with Crippen LogP contribution >= 0.6 is 0 Å². The number of hydrogen-bond acceptors (Lipinski definition) is 2. The zero-order valence-corrected chi connectivity index (χ0v) is 5.23. The molecule has 0 aliphatic carbocycles. The molecule has 4 heteroatoms. The normalized spacial score (nSPS) is 9.20. The molecule has 0 fully saturated rings. The van der Waals surface area contributed by atoms with Crippen molar-refractivity contribution in [3.8, 4) is 0 Å². The van der Waals surface area contributed by atoms with Crippen molar-refractivity contribution in [1.29, 1.82) is 0 Å². The van der Waals surface area contributed by atoms with Crippen LogP contribution in [-0.4, -0.2) is 4.92 Å². The van der Waals surface area contributed by atoms with Gasteiger partial charge in [-0.15, -0.1) is 0 Å². The molecule has 52 valence electrons. The molecule has 0 bridgehead atoms. The highest BCUT2D eigenvalue weighted by molar-refractivity contribution is 5.23. The Labute approximate surface area is 57.9 Å². The van der Waals surface area contributed by atoms with Crippen LogP contribution in [0.25, 0.3) is 0 Å². The molecule has 0 aliphatic heterocycles. The monoisotopic (exact) mass is 138 g/mol. The van der Waals surface area contributed by atoms with Gasteiger partial charge in [-0.25, -0.2) is 0 Å². The van der Waals surface area contributed by atoms with E-state index in [-0.39, 0.29) is 5.69 Å². The fraction of sp³-hybridized carbons (Fsp3) is 0. The quantitative estimate of drug-likeness (QED) is 0.246. The summed E-state index contributed by atoms with van der Waals surface area (Å²) in [5.74, 6) is 0. The predicted octanol–water partition coefficient (Wildman–Crippen LogP) is 0.522. The van der Waals surface area contributed by atoms with Crippen LogP contribution in [0.4, 0.5) is 5.69 Å². The third kappa shape index (κ3) is 1.22. The first-order valence-electron chi connectivity index (χ1n) is 2.67. The third-order valence-electron chi connectivity index (χ3n) is 1.08. The molecule has 0 atom stereocenters. The average molecular weight is 138 g/mol. The van der Waals surface area contributed by atoms with Gasteiger partial charge in [0.15, 0.2) is 0 Å². The first-order chi connectivity index (χ1) is 4.70. The Morgan fingerprint density at radius 3 is 2.40 bits per heavy atom. The van der Waals surface area contributed by atoms with E-state index in [4.69, 9.17) is 0 Å². The van der Waals surface area contributed by atoms with Crippen molar-refractivity contribution in [1.82, 2.24) is 0 Å². The summed E-state index contributed by atoms with van der Waals surface area (Å²) >= 11 is 0. The van der Waals surface area contributed by atoms with Crippen molar-refractivity contribution in [2.45, 2.75) is 0 Å². The van der Waals surface area contributed by atoms with Gasteiger partial charge in [0.25, 0.3) is 5.69 Å². The van der Waals surface area contributed by atoms with Crippen molar-refractivity contribution in [3.05, 3.63) is 41.7 Å². The van der Waals surface area contributed by atoms with Crippen molar-refractivity contribution in [2.75, 3.05) is 0 Å². The molecule has 0 saturated carbocycles. The van der Waals surface area contributed by atoms with Crippen LogP contribution in [0.15, 0.2) is 24.5 Å². The largest absolute Gasteiger partial charge is 0.339 e. The van der Waals surface area contributed by atoms with E-state index < -0.39 is 4.92 Å². The summed E-state index contributed by atoms with van der Waals surface area (Å²) in [6.07, 6.45) is 3.05. The molecule has 1 heterocycles. The zero-order valence-electron chi connectivity index (χ0n) is 5.23. The van der Waals surface area contributed by atoms with Gasteiger partial charge < -0.3 is 4.57 Å². The number of nitro groups is 1. The van der Waals surface area contributed by atoms with Gasteiger partial charge in [-0.05, 0) is 0 Å². The molecule has 0 amide bonds. The summed E-state index contributed by atoms with van der Waals surface area (Å²) in [4.78, 5) is 9.64. The molecule has 1 aromatic heterocycles. The van der Waals surface area contributed by atoms with Crippen LogP contribution < -0.4 is 4.57 Å². The second-order valence-electron chi connectivity index (χ2n) is 1.83. The number of hydrogen-bond donors (Lipinski definition) is 0. The maximum atomic E-state index is 10.1. The van der Waals surface area contributed by atoms with Crippen LogP contribution in [0.5, 0.6) is 0 Å². The van der Waals surface area contributed by atoms with E-state index in [1.807, 2.05) is 0 Å². The molecule has 0 aromatic carbocycles. The number of pyridine rings is 1. The van der Waals surface area contributed by atoms with Crippen LogP contribution in [-0.2, 0) is 0 Å². The van der Waals surface area contributed by atoms with Crippen molar-refractivity contribution in [2.24, 2.45) is 0 Å². The zero-order chi connectivity index (χ0) is 7.56. The minimum Gasteiger partial charge on any atom is -0.339 e. The lowest BCUT2D eigenvalue weighted by molar-refractivity contribution is -0.613. The van der Waals surface area contributed by atoms with Crippen LogP contribution in [0.2, 0.25) is 0 Å². The molecule has 0 unspecified atom stereocenters. The standard InChI is InChI=1S/C6H6N2O2/c1-7-4-2-6(3-5-7)8(9)10/h2-5H,1H2. The van der Waals surface area contributed by atoms with Crippen molar-refractivity contribution >= 4 is 5.69 Å². The summed E-state index contributed by atoms with van der Waals surface area (Å²) in [5.41, 5.74) is 0.0832. The SMILES string of the molecule is [CH2-][n+]1ccc([N+](=O)[O-])cc1. The minimum atomic E-state index is -0.444. The van der Waals surface area contributed by atoms with Crippen molar-refractivity contribution < 1.29 is 9.49 Å². The van der Waals surface area contributed by atoms with Gasteiger partial charge in [0, 0.05) is 19.2 Å². The molecule has 10 heavy (non-hydrogen) atoms. The molecule has 0 spiro atoms. The van der Waals surface area contributed by atoms with E-state index in [0.717, 1.165) is 0 Å². The Balaban J connectivity index is 3.00. The van der Waals surface area contributed by atoms with Crippen LogP contribution in [0.1, 0.15) is 0 Å². The fourth-order valence-corrected chi connectivity index (χ4v) is 0.571. The molecular formula is C6H6N2O2. The summed E-state index contributed by atoms with van der Waals surface area (Å²) in [5, 5.41) is 10.1. The molecule has 0 N–H and O–H groups in total. The van der Waals surface area contributed by atoms with E-state index >= 15 is 0 Å². The number of rotatable bonds is 1. The summed E-state index contributed by atoms with van der Waals surface area (Å²) < 4.78 is 1.49. The maximum Gasteiger partial charge on any atom is 0.256 e. The van der Waals surface area contributed by atoms with E-state index in [1.165, 1.54) is 29.1 Å². The maximum absolute atomic E-state index is 10.1. The summed E-state index contributed by atoms with van der Waals surface area (Å²) in [6, 6.07) is 2.79. The second-order valence-corrected chi connectivity index (χ2v) is 1.83. The summed E-state index contributed by atoms with van der Waals surface area (Å²) in [7, 11) is 3.52. The second kappa shape index (κ2) is 2.34. The van der Waals surface area contributed by atoms with Crippen molar-refractivity contribution in [3.63, 3.8) is 0 Å². The summed E-state index contributed by atoms with van der Waals surface area (Å²) in [6.45, 7) is 0. The Kier molecular flexibility index (Phi) is 1.53. The van der Waals surface area contributed by atoms with Gasteiger partial charge in [-0.2, -0.15) is 0 Å². The molecule has 0 radical (unpaired) electrons. The highest BCUT2D eigenvalue weighted by Crippen LogP contribution is 2.04. The lowest BCUT2D eigenvalue weighted by atomic mass is 10.4. The molecule has 1 aromatic rings. The lowest BCUT2D eigenvalue weighted by Gasteiger charge is -1.92. The average Bonchev–Trinajstić information content (AvgIpc) is 1.88. The topological polar surface area (TPSA) is 47.0 Å². The lowest BCUT2D eigenvalue weighted by Crippen LogP contribution is -2.22. The highest BCUT2D eigenvalue weighted by Gasteiger charge is 2.00. The molecule has 0 saturated heterocycles. The van der Waals surface area contributed by atoms with Gasteiger partial charge >= 0.3 is 0 Å². The first kappa shape index (κ1) is 6.54. The molecule has 1 rings (SSSR count). The Hall–Kier alpha value is -1.58. The predicted molar refractivity (Wildman–Crippen MR) is 34.0 cm³/mol. The first-order valence-corrected chi connectivity index (χ1v) is 2.67. The molecular weight excluding hydrogens is 132 g/mol. The third-order valence-corrected chi connectivity index (χ3v) is 1.08. The van der Waals surface area contributed by atoms with Crippen LogP contribution in [0, 0.1) is 17.2 Å². The molecule has 0 aliphatic rings. The Morgan fingerprint density at radius 2 is 2.00 bits per heavy atom. The Bertz CT molecular complexity index is 242. The molecule has 4 nitrogen and oxygen atoms in total. The van der Waals surface area contributed by atoms with Crippen LogP contribution in [0.3, 0.4) is 0 Å². The highest BCUT2D eigenvalue weighted by atomic mass is 16.6. The van der Waals surface area contributed by atoms with E-state index in [2.05, 4.69) is 7.05 Å². The minimum absolute atomic E-state index is 0.0832. The van der Waals surface area contributed by atoms with E-state index in [1.54, 1.807) is 0 Å². The van der Waals surface area contributed by atoms with Gasteiger partial charge in [0.2, 0.25) is 0 Å². The smallest absolute Gasteiger partial charge is 0.256 e. The van der Waals surface area contributed by atoms with E-state index in [0.29, 0.717) is 0 Å². The van der Waals surface area contributed by atoms with Gasteiger partial charge in [-0.3, -0.25) is 10.1 Å². The van der Waals surface area contributed by atoms with Gasteiger partial charge in [0.1, 0.15) is 0 Å². The fourth-order valence-electron chi connectivity index (χ4n) is 0.571.